The third-order valence-electron chi connectivity index (χ3n) is 11.7. The maximum Gasteiger partial charge on any atom is 0.0434 e. The summed E-state index contributed by atoms with van der Waals surface area (Å²) in [6.45, 7) is 0. The molecule has 0 atom stereocenters. The highest BCUT2D eigenvalue weighted by molar-refractivity contribution is 7.26. The topological polar surface area (TPSA) is 0 Å². The summed E-state index contributed by atoms with van der Waals surface area (Å²) < 4.78 is 2.65. The van der Waals surface area contributed by atoms with Gasteiger partial charge in [0.15, 0.2) is 0 Å². The second-order valence-corrected chi connectivity index (χ2v) is 16.3. The summed E-state index contributed by atoms with van der Waals surface area (Å²) in [7, 11) is 0. The largest absolute Gasteiger partial charge is 0.134 e. The highest BCUT2D eigenvalue weighted by Gasteiger charge is 2.15. The Morgan fingerprint density at radius 1 is 0.203 bits per heavy atom. The van der Waals surface area contributed by atoms with Gasteiger partial charge in [0.05, 0.1) is 0 Å². The molecule has 0 unspecified atom stereocenters. The zero-order valence-corrected chi connectivity index (χ0v) is 33.2. The van der Waals surface area contributed by atoms with E-state index in [1.54, 1.807) is 0 Å². The van der Waals surface area contributed by atoms with Crippen LogP contribution < -0.4 is 0 Å². The second-order valence-electron chi connectivity index (χ2n) is 15.3. The number of benzene rings is 10. The minimum absolute atomic E-state index is 1.21. The molecule has 0 fully saturated rings. The fraction of sp³-hybridized carbons (Fsp3) is 0. The number of fused-ring (bicyclic) bond motifs is 4. The fourth-order valence-electron chi connectivity index (χ4n) is 8.59. The number of thiophene rings is 1. The molecule has 0 aliphatic rings. The Morgan fingerprint density at radius 2 is 0.542 bits per heavy atom. The van der Waals surface area contributed by atoms with Crippen molar-refractivity contribution in [2.45, 2.75) is 0 Å². The van der Waals surface area contributed by atoms with E-state index in [1.807, 2.05) is 11.3 Å². The quantitative estimate of drug-likeness (QED) is 0.152. The van der Waals surface area contributed by atoms with Gasteiger partial charge in [-0.2, -0.15) is 0 Å². The van der Waals surface area contributed by atoms with Crippen LogP contribution in [0.1, 0.15) is 0 Å². The Balaban J connectivity index is 0.882. The number of hydrogen-bond donors (Lipinski definition) is 0. The van der Waals surface area contributed by atoms with E-state index < -0.39 is 0 Å². The molecule has 0 radical (unpaired) electrons. The summed E-state index contributed by atoms with van der Waals surface area (Å²) in [5.74, 6) is 0. The van der Waals surface area contributed by atoms with E-state index in [2.05, 4.69) is 231 Å². The molecule has 1 heterocycles. The molecular formula is C58H38S. The van der Waals surface area contributed by atoms with Crippen molar-refractivity contribution in [2.75, 3.05) is 0 Å². The standard InChI is InChI=1S/C58H38S/c1-2-11-39(12-3-1)46-15-6-18-49(35-46)50-19-7-16-47(36-50)41-25-30-43(31-26-41)53-21-9-23-55-56-24-10-22-54(58(56)59-57(53)55)44-32-27-42(28-33-44)48-17-8-20-51(37-48)52-34-29-40-13-4-5-14-45(40)38-52/h1-38H. The van der Waals surface area contributed by atoms with Crippen LogP contribution in [0, 0.1) is 0 Å². The van der Waals surface area contributed by atoms with Crippen molar-refractivity contribution >= 4 is 42.3 Å². The van der Waals surface area contributed by atoms with E-state index in [0.29, 0.717) is 0 Å². The average molecular weight is 767 g/mol. The normalized spacial score (nSPS) is 11.4. The molecule has 0 aliphatic carbocycles. The molecule has 0 saturated carbocycles. The summed E-state index contributed by atoms with van der Waals surface area (Å²) in [5, 5.41) is 5.14. The summed E-state index contributed by atoms with van der Waals surface area (Å²) in [6.07, 6.45) is 0. The first-order chi connectivity index (χ1) is 29.2. The molecule has 276 valence electrons. The van der Waals surface area contributed by atoms with Crippen molar-refractivity contribution in [3.8, 4) is 77.9 Å². The van der Waals surface area contributed by atoms with Crippen LogP contribution in [-0.2, 0) is 0 Å². The van der Waals surface area contributed by atoms with E-state index in [0.717, 1.165) is 0 Å². The predicted octanol–water partition coefficient (Wildman–Crippen LogP) is 16.9. The molecule has 59 heavy (non-hydrogen) atoms. The summed E-state index contributed by atoms with van der Waals surface area (Å²) in [5.41, 5.74) is 17.2. The van der Waals surface area contributed by atoms with Crippen molar-refractivity contribution in [3.63, 3.8) is 0 Å². The molecule has 0 N–H and O–H groups in total. The van der Waals surface area contributed by atoms with Crippen molar-refractivity contribution in [1.82, 2.24) is 0 Å². The van der Waals surface area contributed by atoms with Crippen LogP contribution >= 0.6 is 11.3 Å². The molecule has 1 heteroatoms. The molecule has 11 rings (SSSR count). The number of rotatable bonds is 7. The first kappa shape index (κ1) is 34.9. The van der Waals surface area contributed by atoms with Gasteiger partial charge in [-0.05, 0) is 113 Å². The predicted molar refractivity (Wildman–Crippen MR) is 255 cm³/mol. The zero-order valence-electron chi connectivity index (χ0n) is 32.3. The molecule has 11 aromatic rings. The lowest BCUT2D eigenvalue weighted by atomic mass is 9.95. The summed E-state index contributed by atoms with van der Waals surface area (Å²) >= 11 is 1.91. The molecule has 0 aliphatic heterocycles. The molecule has 0 spiro atoms. The van der Waals surface area contributed by atoms with Crippen LogP contribution in [0.4, 0.5) is 0 Å². The van der Waals surface area contributed by atoms with E-state index in [9.17, 15) is 0 Å². The summed E-state index contributed by atoms with van der Waals surface area (Å²) in [4.78, 5) is 0. The molecule has 10 aromatic carbocycles. The van der Waals surface area contributed by atoms with Crippen molar-refractivity contribution < 1.29 is 0 Å². The van der Waals surface area contributed by atoms with Gasteiger partial charge in [0.25, 0.3) is 0 Å². The van der Waals surface area contributed by atoms with Gasteiger partial charge in [-0.1, -0.05) is 206 Å². The van der Waals surface area contributed by atoms with Crippen molar-refractivity contribution in [3.05, 3.63) is 231 Å². The van der Waals surface area contributed by atoms with Gasteiger partial charge in [0, 0.05) is 20.2 Å². The van der Waals surface area contributed by atoms with Crippen LogP contribution in [0.25, 0.3) is 109 Å². The van der Waals surface area contributed by atoms with Crippen LogP contribution in [0.5, 0.6) is 0 Å². The molecule has 1 aromatic heterocycles. The highest BCUT2D eigenvalue weighted by atomic mass is 32.1. The molecule has 0 saturated heterocycles. The van der Waals surface area contributed by atoms with Crippen LogP contribution in [0.2, 0.25) is 0 Å². The van der Waals surface area contributed by atoms with Gasteiger partial charge in [0.2, 0.25) is 0 Å². The molecular weight excluding hydrogens is 729 g/mol. The summed E-state index contributed by atoms with van der Waals surface area (Å²) in [6, 6.07) is 84.2. The SMILES string of the molecule is c1ccc(-c2cccc(-c3cccc(-c4ccc(-c5cccc6c5sc5c(-c7ccc(-c8cccc(-c9ccc%10ccccc%10c9)c8)cc7)cccc56)cc4)c3)c2)cc1. The highest BCUT2D eigenvalue weighted by Crippen LogP contribution is 2.44. The second kappa shape index (κ2) is 14.9. The lowest BCUT2D eigenvalue weighted by Gasteiger charge is -2.10. The van der Waals surface area contributed by atoms with Gasteiger partial charge in [-0.3, -0.25) is 0 Å². The lowest BCUT2D eigenvalue weighted by molar-refractivity contribution is 1.57. The smallest absolute Gasteiger partial charge is 0.0434 e. The Kier molecular flexibility index (Phi) is 8.80. The first-order valence-electron chi connectivity index (χ1n) is 20.2. The van der Waals surface area contributed by atoms with E-state index in [-0.39, 0.29) is 0 Å². The molecule has 0 bridgehead atoms. The van der Waals surface area contributed by atoms with E-state index in [4.69, 9.17) is 0 Å². The van der Waals surface area contributed by atoms with Gasteiger partial charge < -0.3 is 0 Å². The minimum Gasteiger partial charge on any atom is -0.134 e. The Hall–Kier alpha value is -7.32. The van der Waals surface area contributed by atoms with Crippen molar-refractivity contribution in [2.24, 2.45) is 0 Å². The van der Waals surface area contributed by atoms with Gasteiger partial charge in [0.1, 0.15) is 0 Å². The monoisotopic (exact) mass is 766 g/mol. The third kappa shape index (κ3) is 6.62. The van der Waals surface area contributed by atoms with Gasteiger partial charge in [-0.15, -0.1) is 11.3 Å². The van der Waals surface area contributed by atoms with Crippen LogP contribution in [0.15, 0.2) is 231 Å². The number of hydrogen-bond acceptors (Lipinski definition) is 1. The van der Waals surface area contributed by atoms with Crippen LogP contribution in [-0.4, -0.2) is 0 Å². The maximum absolute atomic E-state index is 2.31. The van der Waals surface area contributed by atoms with Gasteiger partial charge in [-0.25, -0.2) is 0 Å². The van der Waals surface area contributed by atoms with Crippen molar-refractivity contribution in [1.29, 1.82) is 0 Å². The van der Waals surface area contributed by atoms with E-state index >= 15 is 0 Å². The van der Waals surface area contributed by atoms with E-state index in [1.165, 1.54) is 109 Å². The molecule has 0 nitrogen and oxygen atoms in total. The zero-order chi connectivity index (χ0) is 39.1. The van der Waals surface area contributed by atoms with Gasteiger partial charge >= 0.3 is 0 Å². The van der Waals surface area contributed by atoms with Crippen LogP contribution in [0.3, 0.4) is 0 Å². The minimum atomic E-state index is 1.21. The Bertz CT molecular complexity index is 3300. The molecule has 0 amide bonds. The lowest BCUT2D eigenvalue weighted by Crippen LogP contribution is -1.84. The Labute approximate surface area is 349 Å². The average Bonchev–Trinajstić information content (AvgIpc) is 3.71. The third-order valence-corrected chi connectivity index (χ3v) is 13.0. The fourth-order valence-corrected chi connectivity index (χ4v) is 9.97. The Morgan fingerprint density at radius 3 is 1.03 bits per heavy atom. The first-order valence-corrected chi connectivity index (χ1v) is 21.0. The maximum atomic E-state index is 2.31.